The van der Waals surface area contributed by atoms with E-state index >= 15 is 0 Å². The van der Waals surface area contributed by atoms with Crippen LogP contribution in [-0.2, 0) is 4.79 Å². The fraction of sp³-hybridized carbons (Fsp3) is 0.353. The molecule has 0 spiro atoms. The third-order valence-corrected chi connectivity index (χ3v) is 3.15. The Morgan fingerprint density at radius 2 is 1.71 bits per heavy atom. The van der Waals surface area contributed by atoms with Crippen molar-refractivity contribution in [1.29, 1.82) is 0 Å². The van der Waals surface area contributed by atoms with E-state index in [9.17, 15) is 4.79 Å². The van der Waals surface area contributed by atoms with Crippen LogP contribution in [0.25, 0.3) is 0 Å². The summed E-state index contributed by atoms with van der Waals surface area (Å²) in [5, 5.41) is 13.8. The topological polar surface area (TPSA) is 85.4 Å². The van der Waals surface area contributed by atoms with Gasteiger partial charge in [-0.1, -0.05) is 6.92 Å². The fourth-order valence-electron chi connectivity index (χ4n) is 1.95. The van der Waals surface area contributed by atoms with Crippen LogP contribution < -0.4 is 20.1 Å². The second-order valence-electron chi connectivity index (χ2n) is 5.05. The lowest BCUT2D eigenvalue weighted by Crippen LogP contribution is -2.14. The largest absolute Gasteiger partial charge is 0.497 e. The van der Waals surface area contributed by atoms with E-state index in [-0.39, 0.29) is 5.91 Å². The highest BCUT2D eigenvalue weighted by Gasteiger charge is 2.03. The van der Waals surface area contributed by atoms with E-state index in [1.54, 1.807) is 19.2 Å². The molecule has 7 heteroatoms. The molecule has 2 rings (SSSR count). The molecule has 0 aliphatic rings. The van der Waals surface area contributed by atoms with Crippen LogP contribution >= 0.6 is 0 Å². The molecule has 0 aliphatic carbocycles. The lowest BCUT2D eigenvalue weighted by atomic mass is 10.3. The van der Waals surface area contributed by atoms with Crippen molar-refractivity contribution in [1.82, 2.24) is 10.2 Å². The number of carbonyl (C=O) groups is 1. The van der Waals surface area contributed by atoms with Gasteiger partial charge in [0.25, 0.3) is 0 Å². The number of hydrogen-bond donors (Lipinski definition) is 2. The van der Waals surface area contributed by atoms with E-state index < -0.39 is 0 Å². The highest BCUT2D eigenvalue weighted by Crippen LogP contribution is 2.16. The molecular formula is C17H22N4O3. The van der Waals surface area contributed by atoms with Crippen molar-refractivity contribution >= 4 is 17.5 Å². The molecule has 2 N–H and O–H groups in total. The van der Waals surface area contributed by atoms with Crippen LogP contribution in [0, 0.1) is 0 Å². The van der Waals surface area contributed by atoms with E-state index in [4.69, 9.17) is 9.47 Å². The zero-order valence-electron chi connectivity index (χ0n) is 13.9. The van der Waals surface area contributed by atoms with Gasteiger partial charge in [-0.2, -0.15) is 0 Å². The maximum absolute atomic E-state index is 11.5. The SMILES string of the molecule is CCCC(=O)Nc1ccc(NCCOc2ccc(OC)cc2)nn1. The standard InChI is InChI=1S/C17H22N4O3/c1-3-4-17(22)19-16-10-9-15(20-21-16)18-11-12-24-14-7-5-13(23-2)6-8-14/h5-10H,3-4,11-12H2,1-2H3,(H,18,20)(H,19,21,22). The Balaban J connectivity index is 1.71. The number of amides is 1. The number of hydrogen-bond acceptors (Lipinski definition) is 6. The zero-order valence-corrected chi connectivity index (χ0v) is 13.9. The lowest BCUT2D eigenvalue weighted by molar-refractivity contribution is -0.116. The van der Waals surface area contributed by atoms with Crippen molar-refractivity contribution in [3.8, 4) is 11.5 Å². The number of nitrogens with zero attached hydrogens (tertiary/aromatic N) is 2. The molecule has 0 saturated heterocycles. The predicted molar refractivity (Wildman–Crippen MR) is 92.5 cm³/mol. The van der Waals surface area contributed by atoms with Gasteiger partial charge in [-0.15, -0.1) is 10.2 Å². The maximum Gasteiger partial charge on any atom is 0.225 e. The Morgan fingerprint density at radius 3 is 2.33 bits per heavy atom. The predicted octanol–water partition coefficient (Wildman–Crippen LogP) is 2.71. The average Bonchev–Trinajstić information content (AvgIpc) is 2.61. The minimum atomic E-state index is -0.0552. The molecule has 0 unspecified atom stereocenters. The molecule has 1 aromatic carbocycles. The number of anilines is 2. The van der Waals surface area contributed by atoms with Gasteiger partial charge in [0, 0.05) is 6.42 Å². The average molecular weight is 330 g/mol. The molecule has 1 amide bonds. The molecule has 1 aromatic heterocycles. The summed E-state index contributed by atoms with van der Waals surface area (Å²) in [7, 11) is 1.63. The van der Waals surface area contributed by atoms with Gasteiger partial charge in [-0.05, 0) is 42.8 Å². The second kappa shape index (κ2) is 9.34. The van der Waals surface area contributed by atoms with Gasteiger partial charge in [0.15, 0.2) is 5.82 Å². The summed E-state index contributed by atoms with van der Waals surface area (Å²) in [6.45, 7) is 3.03. The van der Waals surface area contributed by atoms with Crippen LogP contribution in [0.4, 0.5) is 11.6 Å². The van der Waals surface area contributed by atoms with Gasteiger partial charge in [-0.25, -0.2) is 0 Å². The summed E-state index contributed by atoms with van der Waals surface area (Å²) >= 11 is 0. The summed E-state index contributed by atoms with van der Waals surface area (Å²) in [6, 6.07) is 10.9. The molecule has 0 atom stereocenters. The minimum absolute atomic E-state index is 0.0552. The van der Waals surface area contributed by atoms with E-state index in [1.165, 1.54) is 0 Å². The molecule has 24 heavy (non-hydrogen) atoms. The van der Waals surface area contributed by atoms with Crippen LogP contribution in [0.2, 0.25) is 0 Å². The number of ether oxygens (including phenoxy) is 2. The Kier molecular flexibility index (Phi) is 6.82. The van der Waals surface area contributed by atoms with Crippen molar-refractivity contribution < 1.29 is 14.3 Å². The Hall–Kier alpha value is -2.83. The van der Waals surface area contributed by atoms with Gasteiger partial charge in [-0.3, -0.25) is 4.79 Å². The Bertz CT molecular complexity index is 629. The number of nitrogens with one attached hydrogen (secondary N) is 2. The van der Waals surface area contributed by atoms with Crippen molar-refractivity contribution in [2.45, 2.75) is 19.8 Å². The highest BCUT2D eigenvalue weighted by atomic mass is 16.5. The highest BCUT2D eigenvalue weighted by molar-refractivity contribution is 5.89. The van der Waals surface area contributed by atoms with Crippen molar-refractivity contribution in [3.63, 3.8) is 0 Å². The molecular weight excluding hydrogens is 308 g/mol. The number of carbonyl (C=O) groups excluding carboxylic acids is 1. The van der Waals surface area contributed by atoms with Crippen molar-refractivity contribution in [3.05, 3.63) is 36.4 Å². The molecule has 0 saturated carbocycles. The Morgan fingerprint density at radius 1 is 1.04 bits per heavy atom. The maximum atomic E-state index is 11.5. The number of benzene rings is 1. The molecule has 128 valence electrons. The first-order valence-corrected chi connectivity index (χ1v) is 7.85. The van der Waals surface area contributed by atoms with Crippen LogP contribution in [0.5, 0.6) is 11.5 Å². The lowest BCUT2D eigenvalue weighted by Gasteiger charge is -2.09. The smallest absolute Gasteiger partial charge is 0.225 e. The molecule has 1 heterocycles. The van der Waals surface area contributed by atoms with Gasteiger partial charge in [0.2, 0.25) is 5.91 Å². The van der Waals surface area contributed by atoms with Gasteiger partial charge in [0.1, 0.15) is 23.9 Å². The first-order valence-electron chi connectivity index (χ1n) is 7.85. The molecule has 7 nitrogen and oxygen atoms in total. The summed E-state index contributed by atoms with van der Waals surface area (Å²) in [5.41, 5.74) is 0. The monoisotopic (exact) mass is 330 g/mol. The van der Waals surface area contributed by atoms with Gasteiger partial charge in [0.05, 0.1) is 13.7 Å². The van der Waals surface area contributed by atoms with Crippen molar-refractivity contribution in [2.24, 2.45) is 0 Å². The third-order valence-electron chi connectivity index (χ3n) is 3.15. The first kappa shape index (κ1) is 17.5. The molecule has 2 aromatic rings. The van der Waals surface area contributed by atoms with Crippen LogP contribution in [0.3, 0.4) is 0 Å². The Labute approximate surface area is 141 Å². The number of rotatable bonds is 9. The fourth-order valence-corrected chi connectivity index (χ4v) is 1.95. The zero-order chi connectivity index (χ0) is 17.2. The summed E-state index contributed by atoms with van der Waals surface area (Å²) in [5.74, 6) is 2.59. The minimum Gasteiger partial charge on any atom is -0.497 e. The number of aromatic nitrogens is 2. The number of methoxy groups -OCH3 is 1. The second-order valence-corrected chi connectivity index (χ2v) is 5.05. The molecule has 0 radical (unpaired) electrons. The molecule has 0 aliphatic heterocycles. The first-order chi connectivity index (χ1) is 11.7. The summed E-state index contributed by atoms with van der Waals surface area (Å²) in [4.78, 5) is 11.5. The van der Waals surface area contributed by atoms with Gasteiger partial charge < -0.3 is 20.1 Å². The third kappa shape index (κ3) is 5.75. The summed E-state index contributed by atoms with van der Waals surface area (Å²) in [6.07, 6.45) is 1.28. The van der Waals surface area contributed by atoms with E-state index in [2.05, 4.69) is 20.8 Å². The van der Waals surface area contributed by atoms with E-state index in [1.807, 2.05) is 31.2 Å². The molecule has 0 bridgehead atoms. The van der Waals surface area contributed by atoms with Crippen LogP contribution in [0.1, 0.15) is 19.8 Å². The quantitative estimate of drug-likeness (QED) is 0.688. The van der Waals surface area contributed by atoms with E-state index in [0.717, 1.165) is 17.9 Å². The van der Waals surface area contributed by atoms with E-state index in [0.29, 0.717) is 31.2 Å². The van der Waals surface area contributed by atoms with Crippen LogP contribution in [0.15, 0.2) is 36.4 Å². The van der Waals surface area contributed by atoms with Crippen LogP contribution in [-0.4, -0.2) is 36.4 Å². The summed E-state index contributed by atoms with van der Waals surface area (Å²) < 4.78 is 10.7. The molecule has 0 fully saturated rings. The van der Waals surface area contributed by atoms with Crippen molar-refractivity contribution in [2.75, 3.05) is 30.9 Å². The normalized spacial score (nSPS) is 10.1. The van der Waals surface area contributed by atoms with Gasteiger partial charge >= 0.3 is 0 Å².